The molecule has 0 atom stereocenters. The summed E-state index contributed by atoms with van der Waals surface area (Å²) >= 11 is 0. The van der Waals surface area contributed by atoms with E-state index in [2.05, 4.69) is 21.4 Å². The van der Waals surface area contributed by atoms with E-state index in [4.69, 9.17) is 4.74 Å². The van der Waals surface area contributed by atoms with Crippen LogP contribution in [0.4, 0.5) is 5.69 Å². The molecule has 0 saturated carbocycles. The van der Waals surface area contributed by atoms with E-state index in [1.165, 1.54) is 11.1 Å². The number of nitrogens with one attached hydrogen (secondary N) is 1. The smallest absolute Gasteiger partial charge is 0.238 e. The Kier molecular flexibility index (Phi) is 5.50. The third kappa shape index (κ3) is 4.70. The lowest BCUT2D eigenvalue weighted by Gasteiger charge is -2.25. The van der Waals surface area contributed by atoms with Crippen molar-refractivity contribution in [1.29, 1.82) is 0 Å². The minimum absolute atomic E-state index is 0.00221. The van der Waals surface area contributed by atoms with Crippen LogP contribution in [0, 0.1) is 0 Å². The van der Waals surface area contributed by atoms with Crippen LogP contribution in [0.15, 0.2) is 42.7 Å². The van der Waals surface area contributed by atoms with Gasteiger partial charge < -0.3 is 10.1 Å². The van der Waals surface area contributed by atoms with E-state index in [-0.39, 0.29) is 5.91 Å². The highest BCUT2D eigenvalue weighted by Crippen LogP contribution is 2.21. The van der Waals surface area contributed by atoms with Crippen LogP contribution in [0.25, 0.3) is 5.57 Å². The van der Waals surface area contributed by atoms with E-state index in [0.717, 1.165) is 30.9 Å². The highest BCUT2D eigenvalue weighted by atomic mass is 16.5. The van der Waals surface area contributed by atoms with Crippen molar-refractivity contribution in [2.24, 2.45) is 7.05 Å². The number of amides is 1. The SMILES string of the molecule is CCOc1ccc(NC(=O)CN2CC=C(c3cnn(C)c3)CC2)cc1. The van der Waals surface area contributed by atoms with Crippen molar-refractivity contribution >= 4 is 17.2 Å². The van der Waals surface area contributed by atoms with Gasteiger partial charge in [-0.1, -0.05) is 6.08 Å². The number of ether oxygens (including phenoxy) is 1. The van der Waals surface area contributed by atoms with Gasteiger partial charge in [0.25, 0.3) is 0 Å². The van der Waals surface area contributed by atoms with E-state index in [0.29, 0.717) is 13.2 Å². The molecule has 1 aromatic heterocycles. The molecule has 3 rings (SSSR count). The number of anilines is 1. The van der Waals surface area contributed by atoms with Crippen LogP contribution in [0.5, 0.6) is 5.75 Å². The Morgan fingerprint density at radius 2 is 2.12 bits per heavy atom. The fourth-order valence-electron chi connectivity index (χ4n) is 2.91. The molecule has 1 aromatic carbocycles. The first kappa shape index (κ1) is 17.2. The Balaban J connectivity index is 1.49. The van der Waals surface area contributed by atoms with Gasteiger partial charge in [-0.25, -0.2) is 0 Å². The summed E-state index contributed by atoms with van der Waals surface area (Å²) in [5.41, 5.74) is 3.26. The lowest BCUT2D eigenvalue weighted by atomic mass is 10.0. The van der Waals surface area contributed by atoms with Crippen LogP contribution in [0.3, 0.4) is 0 Å². The van der Waals surface area contributed by atoms with Gasteiger partial charge in [-0.3, -0.25) is 14.4 Å². The van der Waals surface area contributed by atoms with Gasteiger partial charge in [0.2, 0.25) is 5.91 Å². The van der Waals surface area contributed by atoms with Crippen LogP contribution < -0.4 is 10.1 Å². The summed E-state index contributed by atoms with van der Waals surface area (Å²) in [7, 11) is 1.92. The molecule has 0 fully saturated rings. The molecule has 1 aliphatic heterocycles. The number of carbonyl (C=O) groups excluding carboxylic acids is 1. The molecule has 0 radical (unpaired) electrons. The van der Waals surface area contributed by atoms with E-state index >= 15 is 0 Å². The second kappa shape index (κ2) is 7.98. The standard InChI is InChI=1S/C19H24N4O2/c1-3-25-18-6-4-17(5-7-18)21-19(24)14-23-10-8-15(9-11-23)16-12-20-22(2)13-16/h4-8,12-13H,3,9-11,14H2,1-2H3,(H,21,24). The zero-order chi connectivity index (χ0) is 17.6. The maximum atomic E-state index is 12.2. The van der Waals surface area contributed by atoms with E-state index < -0.39 is 0 Å². The topological polar surface area (TPSA) is 59.4 Å². The largest absolute Gasteiger partial charge is 0.494 e. The van der Waals surface area contributed by atoms with Crippen molar-refractivity contribution in [1.82, 2.24) is 14.7 Å². The minimum Gasteiger partial charge on any atom is -0.494 e. The Labute approximate surface area is 148 Å². The second-order valence-corrected chi connectivity index (χ2v) is 6.12. The van der Waals surface area contributed by atoms with E-state index in [9.17, 15) is 4.79 Å². The summed E-state index contributed by atoms with van der Waals surface area (Å²) < 4.78 is 7.21. The van der Waals surface area contributed by atoms with E-state index in [1.54, 1.807) is 0 Å². The summed E-state index contributed by atoms with van der Waals surface area (Å²) in [4.78, 5) is 14.4. The molecule has 0 bridgehead atoms. The summed E-state index contributed by atoms with van der Waals surface area (Å²) in [6.45, 7) is 4.63. The normalized spacial score (nSPS) is 14.9. The lowest BCUT2D eigenvalue weighted by molar-refractivity contribution is -0.117. The maximum absolute atomic E-state index is 12.2. The number of rotatable bonds is 6. The van der Waals surface area contributed by atoms with Crippen LogP contribution in [-0.2, 0) is 11.8 Å². The van der Waals surface area contributed by atoms with Crippen LogP contribution in [-0.4, -0.2) is 46.8 Å². The van der Waals surface area contributed by atoms with Gasteiger partial charge in [0, 0.05) is 37.6 Å². The number of aryl methyl sites for hydroxylation is 1. The van der Waals surface area contributed by atoms with E-state index in [1.807, 2.05) is 55.3 Å². The molecule has 1 amide bonds. The van der Waals surface area contributed by atoms with Crippen LogP contribution >= 0.6 is 0 Å². The van der Waals surface area contributed by atoms with Crippen molar-refractivity contribution in [3.8, 4) is 5.75 Å². The van der Waals surface area contributed by atoms with Gasteiger partial charge in [0.1, 0.15) is 5.75 Å². The van der Waals surface area contributed by atoms with Gasteiger partial charge in [0.15, 0.2) is 0 Å². The number of nitrogens with zero attached hydrogens (tertiary/aromatic N) is 3. The predicted molar refractivity (Wildman–Crippen MR) is 98.5 cm³/mol. The quantitative estimate of drug-likeness (QED) is 0.878. The van der Waals surface area contributed by atoms with Crippen molar-refractivity contribution in [2.45, 2.75) is 13.3 Å². The lowest BCUT2D eigenvalue weighted by Crippen LogP contribution is -2.36. The molecular weight excluding hydrogens is 316 g/mol. The molecule has 0 unspecified atom stereocenters. The van der Waals surface area contributed by atoms with Crippen LogP contribution in [0.1, 0.15) is 18.9 Å². The number of benzene rings is 1. The van der Waals surface area contributed by atoms with Crippen molar-refractivity contribution in [3.05, 3.63) is 48.3 Å². The Bertz CT molecular complexity index is 749. The van der Waals surface area contributed by atoms with Gasteiger partial charge >= 0.3 is 0 Å². The van der Waals surface area contributed by atoms with Gasteiger partial charge in [-0.2, -0.15) is 5.10 Å². The molecule has 2 aromatic rings. The molecule has 25 heavy (non-hydrogen) atoms. The summed E-state index contributed by atoms with van der Waals surface area (Å²) in [5.74, 6) is 0.812. The first-order valence-corrected chi connectivity index (χ1v) is 8.57. The molecule has 1 N–H and O–H groups in total. The fourth-order valence-corrected chi connectivity index (χ4v) is 2.91. The molecule has 6 nitrogen and oxygen atoms in total. The maximum Gasteiger partial charge on any atom is 0.238 e. The van der Waals surface area contributed by atoms with Gasteiger partial charge in [-0.15, -0.1) is 0 Å². The monoisotopic (exact) mass is 340 g/mol. The Morgan fingerprint density at radius 1 is 1.32 bits per heavy atom. The Morgan fingerprint density at radius 3 is 2.72 bits per heavy atom. The predicted octanol–water partition coefficient (Wildman–Crippen LogP) is 2.55. The zero-order valence-corrected chi connectivity index (χ0v) is 14.7. The molecule has 0 aliphatic carbocycles. The number of aromatic nitrogens is 2. The molecule has 1 aliphatic rings. The molecule has 0 saturated heterocycles. The molecule has 6 heteroatoms. The summed E-state index contributed by atoms with van der Waals surface area (Å²) in [6, 6.07) is 7.45. The molecule has 132 valence electrons. The number of hydrogen-bond acceptors (Lipinski definition) is 4. The van der Waals surface area contributed by atoms with Crippen molar-refractivity contribution in [3.63, 3.8) is 0 Å². The number of hydrogen-bond donors (Lipinski definition) is 1. The highest BCUT2D eigenvalue weighted by Gasteiger charge is 2.16. The molecule has 0 spiro atoms. The first-order valence-electron chi connectivity index (χ1n) is 8.57. The molecular formula is C19H24N4O2. The first-order chi connectivity index (χ1) is 12.1. The summed E-state index contributed by atoms with van der Waals surface area (Å²) in [6.07, 6.45) is 7.03. The highest BCUT2D eigenvalue weighted by molar-refractivity contribution is 5.92. The van der Waals surface area contributed by atoms with Crippen molar-refractivity contribution in [2.75, 3.05) is 31.6 Å². The minimum atomic E-state index is 0.00221. The fraction of sp³-hybridized carbons (Fsp3) is 0.368. The zero-order valence-electron chi connectivity index (χ0n) is 14.7. The summed E-state index contributed by atoms with van der Waals surface area (Å²) in [5, 5.41) is 7.15. The van der Waals surface area contributed by atoms with Crippen molar-refractivity contribution < 1.29 is 9.53 Å². The van der Waals surface area contributed by atoms with Gasteiger partial charge in [-0.05, 0) is 43.2 Å². The number of carbonyl (C=O) groups is 1. The van der Waals surface area contributed by atoms with Crippen LogP contribution in [0.2, 0.25) is 0 Å². The Hall–Kier alpha value is -2.60. The molecule has 2 heterocycles. The van der Waals surface area contributed by atoms with Gasteiger partial charge in [0.05, 0.1) is 19.3 Å². The third-order valence-electron chi connectivity index (χ3n) is 4.19. The average molecular weight is 340 g/mol. The third-order valence-corrected chi connectivity index (χ3v) is 4.19. The second-order valence-electron chi connectivity index (χ2n) is 6.12. The average Bonchev–Trinajstić information content (AvgIpc) is 3.04.